The van der Waals surface area contributed by atoms with Crippen LogP contribution in [-0.2, 0) is 16.1 Å². The monoisotopic (exact) mass is 441 g/mol. The molecule has 1 heterocycles. The van der Waals surface area contributed by atoms with Crippen LogP contribution in [0.2, 0.25) is 5.15 Å². The first kappa shape index (κ1) is 22.4. The van der Waals surface area contributed by atoms with E-state index in [9.17, 15) is 9.59 Å². The van der Waals surface area contributed by atoms with Crippen molar-refractivity contribution in [2.24, 2.45) is 0 Å². The number of halogens is 1. The fraction of sp³-hybridized carbons (Fsp3) is 0.261. The number of carbonyl (C=O) groups excluding carboxylic acids is 2. The summed E-state index contributed by atoms with van der Waals surface area (Å²) in [5.74, 6) is -0.486. The fourth-order valence-corrected chi connectivity index (χ4v) is 3.26. The van der Waals surface area contributed by atoms with Crippen molar-refractivity contribution in [2.45, 2.75) is 33.4 Å². The third kappa shape index (κ3) is 5.44. The third-order valence-corrected chi connectivity index (χ3v) is 5.12. The maximum Gasteiger partial charge on any atom is 0.343 e. The van der Waals surface area contributed by atoms with Crippen LogP contribution in [0.5, 0.6) is 5.75 Å². The Labute approximate surface area is 185 Å². The van der Waals surface area contributed by atoms with Gasteiger partial charge in [0.2, 0.25) is 0 Å². The van der Waals surface area contributed by atoms with Gasteiger partial charge in [0, 0.05) is 5.69 Å². The number of hydrogen-bond acceptors (Lipinski definition) is 5. The topological polar surface area (TPSA) is 82.4 Å². The van der Waals surface area contributed by atoms with E-state index < -0.39 is 18.0 Å². The van der Waals surface area contributed by atoms with Crippen molar-refractivity contribution in [3.63, 3.8) is 0 Å². The number of nitrogens with zero attached hydrogens (tertiary/aromatic N) is 2. The lowest BCUT2D eigenvalue weighted by Gasteiger charge is -2.14. The van der Waals surface area contributed by atoms with Crippen LogP contribution in [0.4, 0.5) is 5.69 Å². The summed E-state index contributed by atoms with van der Waals surface area (Å²) in [6.45, 7) is 5.60. The Balaban J connectivity index is 1.66. The van der Waals surface area contributed by atoms with E-state index >= 15 is 0 Å². The van der Waals surface area contributed by atoms with E-state index in [2.05, 4.69) is 10.4 Å². The molecule has 1 N–H and O–H groups in total. The number of amides is 1. The number of esters is 1. The van der Waals surface area contributed by atoms with Crippen LogP contribution >= 0.6 is 11.6 Å². The number of carbonyl (C=O) groups is 2. The molecule has 0 radical (unpaired) electrons. The van der Waals surface area contributed by atoms with Crippen LogP contribution in [0.3, 0.4) is 0 Å². The van der Waals surface area contributed by atoms with Crippen molar-refractivity contribution in [1.29, 1.82) is 0 Å². The smallest absolute Gasteiger partial charge is 0.343 e. The van der Waals surface area contributed by atoms with E-state index in [4.69, 9.17) is 21.1 Å². The molecule has 0 bridgehead atoms. The van der Waals surface area contributed by atoms with E-state index in [-0.39, 0.29) is 10.7 Å². The lowest BCUT2D eigenvalue weighted by Crippen LogP contribution is -2.30. The van der Waals surface area contributed by atoms with Crippen molar-refractivity contribution >= 4 is 29.2 Å². The lowest BCUT2D eigenvalue weighted by atomic mass is 10.1. The van der Waals surface area contributed by atoms with Crippen molar-refractivity contribution < 1.29 is 19.1 Å². The van der Waals surface area contributed by atoms with Gasteiger partial charge < -0.3 is 14.8 Å². The lowest BCUT2D eigenvalue weighted by molar-refractivity contribution is -0.123. The fourth-order valence-electron chi connectivity index (χ4n) is 2.95. The second-order valence-electron chi connectivity index (χ2n) is 7.16. The molecule has 0 fully saturated rings. The molecule has 0 spiro atoms. The van der Waals surface area contributed by atoms with Gasteiger partial charge in [-0.1, -0.05) is 41.4 Å². The van der Waals surface area contributed by atoms with Crippen molar-refractivity contribution in [2.75, 3.05) is 12.4 Å². The molecular weight excluding hydrogens is 418 g/mol. The minimum absolute atomic E-state index is 0.151. The molecule has 0 aliphatic carbocycles. The van der Waals surface area contributed by atoms with E-state index in [0.717, 1.165) is 11.1 Å². The Morgan fingerprint density at radius 2 is 1.74 bits per heavy atom. The molecule has 0 saturated carbocycles. The number of hydrogen-bond donors (Lipinski definition) is 1. The minimum Gasteiger partial charge on any atom is -0.497 e. The molecule has 1 unspecified atom stereocenters. The Kier molecular flexibility index (Phi) is 6.97. The minimum atomic E-state index is -1.02. The summed E-state index contributed by atoms with van der Waals surface area (Å²) in [6, 6.07) is 14.8. The first-order valence-electron chi connectivity index (χ1n) is 9.73. The summed E-state index contributed by atoms with van der Waals surface area (Å²) >= 11 is 6.41. The van der Waals surface area contributed by atoms with E-state index in [1.165, 1.54) is 6.92 Å². The highest BCUT2D eigenvalue weighted by molar-refractivity contribution is 6.32. The molecular formula is C23H24ClN3O4. The highest BCUT2D eigenvalue weighted by Gasteiger charge is 2.26. The van der Waals surface area contributed by atoms with E-state index in [0.29, 0.717) is 23.7 Å². The third-order valence-electron chi connectivity index (χ3n) is 4.73. The van der Waals surface area contributed by atoms with Crippen LogP contribution in [-0.4, -0.2) is 34.9 Å². The Hall–Kier alpha value is -3.32. The van der Waals surface area contributed by atoms with Gasteiger partial charge in [-0.15, -0.1) is 0 Å². The largest absolute Gasteiger partial charge is 0.497 e. The zero-order valence-corrected chi connectivity index (χ0v) is 18.6. The zero-order chi connectivity index (χ0) is 22.5. The van der Waals surface area contributed by atoms with Gasteiger partial charge in [0.15, 0.2) is 6.10 Å². The Morgan fingerprint density at radius 1 is 1.10 bits per heavy atom. The molecule has 1 amide bonds. The summed E-state index contributed by atoms with van der Waals surface area (Å²) in [5, 5.41) is 7.22. The molecule has 162 valence electrons. The summed E-state index contributed by atoms with van der Waals surface area (Å²) < 4.78 is 12.0. The number of methoxy groups -OCH3 is 1. The quantitative estimate of drug-likeness (QED) is 0.549. The van der Waals surface area contributed by atoms with Gasteiger partial charge >= 0.3 is 5.97 Å². The molecule has 0 aliphatic rings. The SMILES string of the molecule is COc1ccc(NC(=O)C(C)OC(=O)c2c(C)nn(Cc3ccc(C)cc3)c2Cl)cc1. The number of rotatable bonds is 7. The van der Waals surface area contributed by atoms with Gasteiger partial charge in [-0.05, 0) is 50.6 Å². The number of nitrogens with one attached hydrogen (secondary N) is 1. The molecule has 0 aliphatic heterocycles. The summed E-state index contributed by atoms with van der Waals surface area (Å²) in [4.78, 5) is 25.1. The summed E-state index contributed by atoms with van der Waals surface area (Å²) in [7, 11) is 1.56. The van der Waals surface area contributed by atoms with Gasteiger partial charge in [-0.2, -0.15) is 5.10 Å². The highest BCUT2D eigenvalue weighted by atomic mass is 35.5. The molecule has 2 aromatic carbocycles. The summed E-state index contributed by atoms with van der Waals surface area (Å²) in [6.07, 6.45) is -1.02. The first-order valence-corrected chi connectivity index (χ1v) is 10.1. The first-order chi connectivity index (χ1) is 14.8. The number of benzene rings is 2. The number of anilines is 1. The average molecular weight is 442 g/mol. The number of aromatic nitrogens is 2. The van der Waals surface area contributed by atoms with Gasteiger partial charge in [0.05, 0.1) is 19.3 Å². The maximum atomic E-state index is 12.7. The van der Waals surface area contributed by atoms with Gasteiger partial charge in [0.1, 0.15) is 16.5 Å². The molecule has 3 rings (SSSR count). The second kappa shape index (κ2) is 9.66. The highest BCUT2D eigenvalue weighted by Crippen LogP contribution is 2.23. The number of aryl methyl sites for hydroxylation is 2. The normalized spacial score (nSPS) is 11.6. The molecule has 0 saturated heterocycles. The summed E-state index contributed by atoms with van der Waals surface area (Å²) in [5.41, 5.74) is 3.30. The average Bonchev–Trinajstić information content (AvgIpc) is 3.03. The Bertz CT molecular complexity index is 1080. The van der Waals surface area contributed by atoms with Crippen molar-refractivity contribution in [3.05, 3.63) is 76.1 Å². The standard InChI is InChI=1S/C23H24ClN3O4/c1-14-5-7-17(8-6-14)13-27-21(24)20(15(2)26-27)23(29)31-16(3)22(28)25-18-9-11-19(30-4)12-10-18/h5-12,16H,13H2,1-4H3,(H,25,28). The second-order valence-corrected chi connectivity index (χ2v) is 7.52. The van der Waals surface area contributed by atoms with Crippen LogP contribution in [0.25, 0.3) is 0 Å². The van der Waals surface area contributed by atoms with Gasteiger partial charge in [-0.3, -0.25) is 4.79 Å². The van der Waals surface area contributed by atoms with Crippen LogP contribution in [0.1, 0.15) is 34.1 Å². The molecule has 7 nitrogen and oxygen atoms in total. The van der Waals surface area contributed by atoms with Gasteiger partial charge in [-0.25, -0.2) is 9.48 Å². The molecule has 3 aromatic rings. The molecule has 31 heavy (non-hydrogen) atoms. The van der Waals surface area contributed by atoms with Crippen molar-refractivity contribution in [3.8, 4) is 5.75 Å². The molecule has 8 heteroatoms. The molecule has 1 aromatic heterocycles. The maximum absolute atomic E-state index is 12.7. The number of ether oxygens (including phenoxy) is 2. The van der Waals surface area contributed by atoms with Crippen LogP contribution < -0.4 is 10.1 Å². The predicted octanol–water partition coefficient (Wildman–Crippen LogP) is 4.39. The zero-order valence-electron chi connectivity index (χ0n) is 17.8. The van der Waals surface area contributed by atoms with E-state index in [1.54, 1.807) is 43.0 Å². The molecule has 1 atom stereocenters. The van der Waals surface area contributed by atoms with Gasteiger partial charge in [0.25, 0.3) is 5.91 Å². The van der Waals surface area contributed by atoms with Crippen LogP contribution in [0.15, 0.2) is 48.5 Å². The van der Waals surface area contributed by atoms with Crippen molar-refractivity contribution in [1.82, 2.24) is 9.78 Å². The van der Waals surface area contributed by atoms with Crippen LogP contribution in [0, 0.1) is 13.8 Å². The Morgan fingerprint density at radius 3 is 2.35 bits per heavy atom. The van der Waals surface area contributed by atoms with E-state index in [1.807, 2.05) is 31.2 Å². The predicted molar refractivity (Wildman–Crippen MR) is 119 cm³/mol.